The average molecular weight is 129 g/mol. The summed E-state index contributed by atoms with van der Waals surface area (Å²) in [5.41, 5.74) is 0.0972. The van der Waals surface area contributed by atoms with Gasteiger partial charge in [-0.1, -0.05) is 0 Å². The normalized spacial score (nSPS) is 49.7. The van der Waals surface area contributed by atoms with Crippen LogP contribution in [0.15, 0.2) is 0 Å². The lowest BCUT2D eigenvalue weighted by atomic mass is 9.67. The fraction of sp³-hybridized carbons (Fsp3) is 1.00. The van der Waals surface area contributed by atoms with E-state index >= 15 is 0 Å². The largest absolute Gasteiger partial charge is 0.316 e. The highest BCUT2D eigenvalue weighted by atomic mass is 19.1. The summed E-state index contributed by atoms with van der Waals surface area (Å²) >= 11 is 0. The van der Waals surface area contributed by atoms with Gasteiger partial charge in [0.2, 0.25) is 0 Å². The zero-order valence-corrected chi connectivity index (χ0v) is 5.49. The minimum Gasteiger partial charge on any atom is -0.316 e. The van der Waals surface area contributed by atoms with E-state index in [1.54, 1.807) is 0 Å². The molecule has 1 nitrogen and oxygen atoms in total. The third kappa shape index (κ3) is 0.627. The van der Waals surface area contributed by atoms with Crippen LogP contribution in [-0.2, 0) is 0 Å². The van der Waals surface area contributed by atoms with Crippen molar-refractivity contribution in [3.8, 4) is 0 Å². The molecule has 52 valence electrons. The zero-order chi connectivity index (χ0) is 6.32. The molecule has 0 aromatic carbocycles. The monoisotopic (exact) mass is 129 g/mol. The summed E-state index contributed by atoms with van der Waals surface area (Å²) in [5, 5.41) is 3.21. The van der Waals surface area contributed by atoms with Gasteiger partial charge < -0.3 is 5.32 Å². The van der Waals surface area contributed by atoms with Crippen molar-refractivity contribution in [1.82, 2.24) is 5.32 Å². The predicted octanol–water partition coefficient (Wildman–Crippen LogP) is 1.10. The van der Waals surface area contributed by atoms with Gasteiger partial charge >= 0.3 is 0 Å². The van der Waals surface area contributed by atoms with Crippen LogP contribution in [0.25, 0.3) is 0 Å². The van der Waals surface area contributed by atoms with Gasteiger partial charge in [0.25, 0.3) is 0 Å². The highest BCUT2D eigenvalue weighted by molar-refractivity contribution is 5.01. The number of rotatable bonds is 0. The molecule has 1 aliphatic carbocycles. The molecule has 1 heterocycles. The van der Waals surface area contributed by atoms with E-state index in [1.807, 2.05) is 0 Å². The third-order valence-electron chi connectivity index (χ3n) is 2.84. The Morgan fingerprint density at radius 2 is 2.33 bits per heavy atom. The van der Waals surface area contributed by atoms with Gasteiger partial charge in [-0.15, -0.1) is 0 Å². The summed E-state index contributed by atoms with van der Waals surface area (Å²) in [6, 6.07) is 0. The van der Waals surface area contributed by atoms with Crippen molar-refractivity contribution >= 4 is 0 Å². The number of nitrogens with one attached hydrogen (secondary N) is 1. The first-order chi connectivity index (χ1) is 4.33. The van der Waals surface area contributed by atoms with Crippen molar-refractivity contribution in [2.24, 2.45) is 5.41 Å². The Hall–Kier alpha value is -0.110. The van der Waals surface area contributed by atoms with E-state index in [9.17, 15) is 4.39 Å². The van der Waals surface area contributed by atoms with Gasteiger partial charge in [0.05, 0.1) is 0 Å². The molecular weight excluding hydrogens is 117 g/mol. The average Bonchev–Trinajstić information content (AvgIpc) is 2.34. The van der Waals surface area contributed by atoms with E-state index in [4.69, 9.17) is 0 Å². The molecule has 2 aliphatic rings. The zero-order valence-electron chi connectivity index (χ0n) is 5.49. The summed E-state index contributed by atoms with van der Waals surface area (Å²) in [5.74, 6) is 0. The van der Waals surface area contributed by atoms with Gasteiger partial charge in [0, 0.05) is 12.0 Å². The van der Waals surface area contributed by atoms with Crippen molar-refractivity contribution < 1.29 is 4.39 Å². The Morgan fingerprint density at radius 1 is 1.44 bits per heavy atom. The second kappa shape index (κ2) is 1.69. The maximum absolute atomic E-state index is 12.8. The van der Waals surface area contributed by atoms with Crippen LogP contribution in [-0.4, -0.2) is 19.3 Å². The molecule has 0 radical (unpaired) electrons. The highest BCUT2D eigenvalue weighted by Crippen LogP contribution is 2.47. The number of hydrogen-bond donors (Lipinski definition) is 1. The lowest BCUT2D eigenvalue weighted by Crippen LogP contribution is -2.43. The molecule has 2 unspecified atom stereocenters. The van der Waals surface area contributed by atoms with Crippen LogP contribution in [0.1, 0.15) is 19.3 Å². The van der Waals surface area contributed by atoms with Crippen molar-refractivity contribution in [2.75, 3.05) is 13.1 Å². The first kappa shape index (κ1) is 5.66. The van der Waals surface area contributed by atoms with E-state index < -0.39 is 6.17 Å². The second-order valence-corrected chi connectivity index (χ2v) is 3.30. The van der Waals surface area contributed by atoms with Crippen LogP contribution >= 0.6 is 0 Å². The SMILES string of the molecule is FC1CCC12CCNC2. The van der Waals surface area contributed by atoms with E-state index in [0.717, 1.165) is 32.4 Å². The van der Waals surface area contributed by atoms with Crippen LogP contribution in [0.3, 0.4) is 0 Å². The van der Waals surface area contributed by atoms with Gasteiger partial charge in [-0.3, -0.25) is 0 Å². The van der Waals surface area contributed by atoms with Gasteiger partial charge in [0.15, 0.2) is 0 Å². The first-order valence-corrected chi connectivity index (χ1v) is 3.68. The highest BCUT2D eigenvalue weighted by Gasteiger charge is 2.48. The van der Waals surface area contributed by atoms with E-state index in [-0.39, 0.29) is 5.41 Å². The van der Waals surface area contributed by atoms with Gasteiger partial charge in [0.1, 0.15) is 6.17 Å². The molecule has 0 aromatic heterocycles. The Balaban J connectivity index is 2.06. The van der Waals surface area contributed by atoms with Gasteiger partial charge in [-0.2, -0.15) is 0 Å². The minimum atomic E-state index is -0.493. The molecule has 1 spiro atoms. The lowest BCUT2D eigenvalue weighted by Gasteiger charge is -2.41. The molecule has 1 saturated carbocycles. The molecule has 1 saturated heterocycles. The molecule has 0 aromatic rings. The Kier molecular flexibility index (Phi) is 1.06. The molecule has 2 rings (SSSR count). The fourth-order valence-corrected chi connectivity index (χ4v) is 1.91. The van der Waals surface area contributed by atoms with Crippen LogP contribution in [0.4, 0.5) is 4.39 Å². The number of hydrogen-bond acceptors (Lipinski definition) is 1. The van der Waals surface area contributed by atoms with Crippen LogP contribution in [0.2, 0.25) is 0 Å². The Morgan fingerprint density at radius 3 is 2.56 bits per heavy atom. The number of halogens is 1. The molecule has 2 atom stereocenters. The molecular formula is C7H12FN. The predicted molar refractivity (Wildman–Crippen MR) is 34.0 cm³/mol. The Labute approximate surface area is 54.6 Å². The summed E-state index contributed by atoms with van der Waals surface area (Å²) in [7, 11) is 0. The van der Waals surface area contributed by atoms with Crippen LogP contribution < -0.4 is 5.32 Å². The van der Waals surface area contributed by atoms with Crippen LogP contribution in [0.5, 0.6) is 0 Å². The van der Waals surface area contributed by atoms with Gasteiger partial charge in [-0.25, -0.2) is 4.39 Å². The quantitative estimate of drug-likeness (QED) is 0.516. The van der Waals surface area contributed by atoms with E-state index in [1.165, 1.54) is 0 Å². The second-order valence-electron chi connectivity index (χ2n) is 3.30. The van der Waals surface area contributed by atoms with E-state index in [2.05, 4.69) is 5.32 Å². The van der Waals surface area contributed by atoms with Crippen molar-refractivity contribution in [3.63, 3.8) is 0 Å². The van der Waals surface area contributed by atoms with Gasteiger partial charge in [-0.05, 0) is 25.8 Å². The summed E-state index contributed by atoms with van der Waals surface area (Å²) in [4.78, 5) is 0. The smallest absolute Gasteiger partial charge is 0.107 e. The third-order valence-corrected chi connectivity index (χ3v) is 2.84. The molecule has 9 heavy (non-hydrogen) atoms. The molecule has 1 aliphatic heterocycles. The van der Waals surface area contributed by atoms with Crippen molar-refractivity contribution in [3.05, 3.63) is 0 Å². The summed E-state index contributed by atoms with van der Waals surface area (Å²) in [6.45, 7) is 1.95. The fourth-order valence-electron chi connectivity index (χ4n) is 1.91. The van der Waals surface area contributed by atoms with Crippen molar-refractivity contribution in [1.29, 1.82) is 0 Å². The summed E-state index contributed by atoms with van der Waals surface area (Å²) in [6.07, 6.45) is 2.49. The maximum atomic E-state index is 12.8. The molecule has 2 heteroatoms. The van der Waals surface area contributed by atoms with E-state index in [0.29, 0.717) is 0 Å². The minimum absolute atomic E-state index is 0.0972. The lowest BCUT2D eigenvalue weighted by molar-refractivity contribution is 0.0160. The maximum Gasteiger partial charge on any atom is 0.107 e. The molecule has 1 N–H and O–H groups in total. The molecule has 0 amide bonds. The summed E-state index contributed by atoms with van der Waals surface area (Å²) < 4.78 is 12.8. The van der Waals surface area contributed by atoms with Crippen LogP contribution in [0, 0.1) is 5.41 Å². The molecule has 0 bridgehead atoms. The van der Waals surface area contributed by atoms with Crippen molar-refractivity contribution in [2.45, 2.75) is 25.4 Å². The standard InChI is InChI=1S/C7H12FN/c8-6-1-2-7(6)3-4-9-5-7/h6,9H,1-5H2. The first-order valence-electron chi connectivity index (χ1n) is 3.68. The molecule has 2 fully saturated rings. The number of alkyl halides is 1. The Bertz CT molecular complexity index is 118. The topological polar surface area (TPSA) is 12.0 Å².